The third-order valence-electron chi connectivity index (χ3n) is 7.51. The Bertz CT molecular complexity index is 1160. The minimum absolute atomic E-state index is 0.0955. The van der Waals surface area contributed by atoms with Crippen LogP contribution in [-0.4, -0.2) is 47.1 Å². The molecule has 0 spiro atoms. The number of hydrogen-bond donors (Lipinski definition) is 2. The van der Waals surface area contributed by atoms with E-state index in [4.69, 9.17) is 4.74 Å². The van der Waals surface area contributed by atoms with Crippen LogP contribution in [0.15, 0.2) is 60.7 Å². The quantitative estimate of drug-likeness (QED) is 0.346. The summed E-state index contributed by atoms with van der Waals surface area (Å²) in [6, 6.07) is 16.2. The molecule has 2 aromatic carbocycles. The maximum Gasteiger partial charge on any atom is 0.330 e. The van der Waals surface area contributed by atoms with Gasteiger partial charge < -0.3 is 4.74 Å². The van der Waals surface area contributed by atoms with Gasteiger partial charge in [-0.05, 0) is 48.8 Å². The van der Waals surface area contributed by atoms with E-state index < -0.39 is 30.4 Å². The number of imide groups is 1. The lowest BCUT2D eigenvalue weighted by Gasteiger charge is -2.26. The number of carbonyl (C=O) groups excluding carboxylic acids is 5. The number of nitrogens with zero attached hydrogens (tertiary/aromatic N) is 1. The molecule has 0 radical (unpaired) electrons. The van der Waals surface area contributed by atoms with E-state index in [9.17, 15) is 24.0 Å². The van der Waals surface area contributed by atoms with Gasteiger partial charge in [-0.3, -0.25) is 34.9 Å². The number of benzene rings is 2. The Kier molecular flexibility index (Phi) is 6.54. The van der Waals surface area contributed by atoms with Gasteiger partial charge in [0.15, 0.2) is 6.61 Å². The standard InChI is InChI=1S/C27H27N3O6/c31-21(28-29-24(32)17-9-5-2-6-10-17)15-36-27(35)20(13-16-7-3-1-4-8-16)30-25(33)22-18-11-12-19(14-18)23(22)26(30)34/h1-10,18-20,22-23H,11-15H2,(H,28,31)(H,29,32)/t18-,19-,20-,22-,23-/m0/s1. The predicted octanol–water partition coefficient (Wildman–Crippen LogP) is 1.63. The number of ether oxygens (including phenoxy) is 1. The number of fused-ring (bicyclic) bond motifs is 5. The van der Waals surface area contributed by atoms with Crippen LogP contribution in [0.3, 0.4) is 0 Å². The lowest BCUT2D eigenvalue weighted by Crippen LogP contribution is -2.49. The molecule has 5 atom stereocenters. The van der Waals surface area contributed by atoms with Gasteiger partial charge >= 0.3 is 5.97 Å². The molecule has 3 fully saturated rings. The topological polar surface area (TPSA) is 122 Å². The van der Waals surface area contributed by atoms with Crippen molar-refractivity contribution in [2.45, 2.75) is 31.7 Å². The second-order valence-corrected chi connectivity index (χ2v) is 9.61. The lowest BCUT2D eigenvalue weighted by molar-refractivity contribution is -0.160. The summed E-state index contributed by atoms with van der Waals surface area (Å²) in [5, 5.41) is 0. The molecular weight excluding hydrogens is 462 g/mol. The average Bonchev–Trinajstić information content (AvgIpc) is 3.59. The molecular formula is C27H27N3O6. The van der Waals surface area contributed by atoms with E-state index >= 15 is 0 Å². The SMILES string of the molecule is O=C(COC(=O)[C@H](Cc1ccccc1)N1C(=O)[C@H]2[C@H]3CC[C@@H](C3)[C@@H]2C1=O)NNC(=O)c1ccccc1. The van der Waals surface area contributed by atoms with Crippen LogP contribution in [0.25, 0.3) is 0 Å². The molecule has 186 valence electrons. The van der Waals surface area contributed by atoms with E-state index in [0.29, 0.717) is 5.56 Å². The normalized spacial score (nSPS) is 24.8. The monoisotopic (exact) mass is 489 g/mol. The summed E-state index contributed by atoms with van der Waals surface area (Å²) < 4.78 is 5.23. The Balaban J connectivity index is 1.25. The Morgan fingerprint density at radius 1 is 0.861 bits per heavy atom. The summed E-state index contributed by atoms with van der Waals surface area (Å²) in [7, 11) is 0. The van der Waals surface area contributed by atoms with E-state index in [1.807, 2.05) is 30.3 Å². The van der Waals surface area contributed by atoms with Crippen LogP contribution in [-0.2, 0) is 30.3 Å². The van der Waals surface area contributed by atoms with Crippen LogP contribution in [0, 0.1) is 23.7 Å². The van der Waals surface area contributed by atoms with Crippen molar-refractivity contribution in [3.8, 4) is 0 Å². The van der Waals surface area contributed by atoms with Crippen molar-refractivity contribution in [3.05, 3.63) is 71.8 Å². The van der Waals surface area contributed by atoms with Crippen molar-refractivity contribution in [3.63, 3.8) is 0 Å². The molecule has 9 heteroatoms. The Labute approximate surface area is 208 Å². The molecule has 2 bridgehead atoms. The van der Waals surface area contributed by atoms with Crippen LogP contribution in [0.1, 0.15) is 35.2 Å². The maximum absolute atomic E-state index is 13.3. The first-order valence-electron chi connectivity index (χ1n) is 12.2. The first kappa shape index (κ1) is 23.7. The number of likely N-dealkylation sites (tertiary alicyclic amines) is 1. The lowest BCUT2D eigenvalue weighted by atomic mass is 9.81. The Hall–Kier alpha value is -4.01. The third-order valence-corrected chi connectivity index (χ3v) is 7.51. The zero-order chi connectivity index (χ0) is 25.2. The summed E-state index contributed by atoms with van der Waals surface area (Å²) in [5.74, 6) is -3.08. The van der Waals surface area contributed by atoms with Gasteiger partial charge in [0.1, 0.15) is 6.04 Å². The average molecular weight is 490 g/mol. The highest BCUT2D eigenvalue weighted by molar-refractivity contribution is 6.08. The molecule has 2 aliphatic carbocycles. The zero-order valence-electron chi connectivity index (χ0n) is 19.6. The second kappa shape index (κ2) is 9.93. The fourth-order valence-corrected chi connectivity index (χ4v) is 5.91. The molecule has 1 aliphatic heterocycles. The van der Waals surface area contributed by atoms with Crippen LogP contribution < -0.4 is 10.9 Å². The highest BCUT2D eigenvalue weighted by atomic mass is 16.5. The maximum atomic E-state index is 13.3. The summed E-state index contributed by atoms with van der Waals surface area (Å²) in [4.78, 5) is 65.2. The molecule has 1 saturated heterocycles. The molecule has 2 saturated carbocycles. The van der Waals surface area contributed by atoms with Crippen LogP contribution >= 0.6 is 0 Å². The Morgan fingerprint density at radius 2 is 1.44 bits per heavy atom. The van der Waals surface area contributed by atoms with Gasteiger partial charge in [-0.2, -0.15) is 0 Å². The zero-order valence-corrected chi connectivity index (χ0v) is 19.6. The Morgan fingerprint density at radius 3 is 2.06 bits per heavy atom. The number of carbonyl (C=O) groups is 5. The van der Waals surface area contributed by atoms with E-state index in [2.05, 4.69) is 10.9 Å². The third kappa shape index (κ3) is 4.48. The predicted molar refractivity (Wildman–Crippen MR) is 127 cm³/mol. The van der Waals surface area contributed by atoms with Gasteiger partial charge in [0.05, 0.1) is 11.8 Å². The van der Waals surface area contributed by atoms with Crippen LogP contribution in [0.4, 0.5) is 0 Å². The number of amides is 4. The molecule has 1 heterocycles. The summed E-state index contributed by atoms with van der Waals surface area (Å²) >= 11 is 0. The summed E-state index contributed by atoms with van der Waals surface area (Å²) in [6.45, 7) is -0.673. The van der Waals surface area contributed by atoms with Crippen molar-refractivity contribution in [1.29, 1.82) is 0 Å². The van der Waals surface area contributed by atoms with E-state index in [0.717, 1.165) is 29.7 Å². The largest absolute Gasteiger partial charge is 0.454 e. The summed E-state index contributed by atoms with van der Waals surface area (Å²) in [5.41, 5.74) is 5.57. The second-order valence-electron chi connectivity index (χ2n) is 9.61. The molecule has 2 aromatic rings. The van der Waals surface area contributed by atoms with Crippen LogP contribution in [0.2, 0.25) is 0 Å². The van der Waals surface area contributed by atoms with Gasteiger partial charge in [-0.25, -0.2) is 4.79 Å². The van der Waals surface area contributed by atoms with E-state index in [1.165, 1.54) is 0 Å². The van der Waals surface area contributed by atoms with Crippen molar-refractivity contribution in [2.75, 3.05) is 6.61 Å². The molecule has 2 N–H and O–H groups in total. The molecule has 4 amide bonds. The highest BCUT2D eigenvalue weighted by Crippen LogP contribution is 2.56. The van der Waals surface area contributed by atoms with Gasteiger partial charge in [0, 0.05) is 12.0 Å². The molecule has 5 rings (SSSR count). The summed E-state index contributed by atoms with van der Waals surface area (Å²) in [6.07, 6.45) is 2.85. The number of hydrogen-bond acceptors (Lipinski definition) is 6. The molecule has 0 unspecified atom stereocenters. The number of rotatable bonds is 7. The van der Waals surface area contributed by atoms with Crippen molar-refractivity contribution < 1.29 is 28.7 Å². The minimum Gasteiger partial charge on any atom is -0.454 e. The smallest absolute Gasteiger partial charge is 0.330 e. The van der Waals surface area contributed by atoms with Gasteiger partial charge in [0.25, 0.3) is 11.8 Å². The first-order chi connectivity index (χ1) is 17.4. The van der Waals surface area contributed by atoms with Crippen molar-refractivity contribution >= 4 is 29.6 Å². The number of hydrazine groups is 1. The van der Waals surface area contributed by atoms with E-state index in [1.54, 1.807) is 30.3 Å². The first-order valence-corrected chi connectivity index (χ1v) is 12.2. The molecule has 3 aliphatic rings. The van der Waals surface area contributed by atoms with Crippen molar-refractivity contribution in [1.82, 2.24) is 15.8 Å². The number of nitrogens with one attached hydrogen (secondary N) is 2. The van der Waals surface area contributed by atoms with Crippen molar-refractivity contribution in [2.24, 2.45) is 23.7 Å². The molecule has 36 heavy (non-hydrogen) atoms. The van der Waals surface area contributed by atoms with Gasteiger partial charge in [0.2, 0.25) is 11.8 Å². The number of esters is 1. The fourth-order valence-electron chi connectivity index (χ4n) is 5.91. The highest BCUT2D eigenvalue weighted by Gasteiger charge is 2.62. The fraction of sp³-hybridized carbons (Fsp3) is 0.370. The van der Waals surface area contributed by atoms with Gasteiger partial charge in [-0.15, -0.1) is 0 Å². The molecule has 9 nitrogen and oxygen atoms in total. The van der Waals surface area contributed by atoms with E-state index in [-0.39, 0.29) is 41.9 Å². The minimum atomic E-state index is -1.16. The van der Waals surface area contributed by atoms with Crippen LogP contribution in [0.5, 0.6) is 0 Å². The van der Waals surface area contributed by atoms with Gasteiger partial charge in [-0.1, -0.05) is 48.5 Å². The molecule has 0 aromatic heterocycles.